The van der Waals surface area contributed by atoms with Gasteiger partial charge in [-0.25, -0.2) is 0 Å². The van der Waals surface area contributed by atoms with Crippen LogP contribution in [0, 0.1) is 6.92 Å². The molecule has 0 atom stereocenters. The molecule has 2 N–H and O–H groups in total. The van der Waals surface area contributed by atoms with E-state index in [1.807, 2.05) is 11.6 Å². The van der Waals surface area contributed by atoms with Crippen LogP contribution < -0.4 is 5.73 Å². The highest BCUT2D eigenvalue weighted by molar-refractivity contribution is 7.98. The van der Waals surface area contributed by atoms with Crippen molar-refractivity contribution in [2.24, 2.45) is 12.8 Å². The van der Waals surface area contributed by atoms with Gasteiger partial charge in [0, 0.05) is 19.3 Å². The number of thioether (sulfide) groups is 1. The summed E-state index contributed by atoms with van der Waals surface area (Å²) in [5.74, 6) is 0.906. The molecule has 1 heterocycles. The van der Waals surface area contributed by atoms with Crippen molar-refractivity contribution in [2.75, 3.05) is 0 Å². The fourth-order valence-corrected chi connectivity index (χ4v) is 2.56. The van der Waals surface area contributed by atoms with Gasteiger partial charge in [-0.15, -0.1) is 10.2 Å². The van der Waals surface area contributed by atoms with E-state index in [1.54, 1.807) is 18.1 Å². The highest BCUT2D eigenvalue weighted by Crippen LogP contribution is 2.22. The van der Waals surface area contributed by atoms with Crippen LogP contribution in [0.2, 0.25) is 0 Å². The number of hydrogen-bond donors (Lipinski definition) is 1. The van der Waals surface area contributed by atoms with Crippen molar-refractivity contribution >= 4 is 11.8 Å². The molecule has 2 rings (SSSR count). The summed E-state index contributed by atoms with van der Waals surface area (Å²) in [7, 11) is 1.95. The van der Waals surface area contributed by atoms with E-state index in [0.717, 1.165) is 10.9 Å². The van der Waals surface area contributed by atoms with Crippen molar-refractivity contribution in [3.05, 3.63) is 41.2 Å². The molecule has 0 aliphatic heterocycles. The van der Waals surface area contributed by atoms with Crippen LogP contribution in [0.1, 0.15) is 16.7 Å². The Morgan fingerprint density at radius 2 is 2.24 bits per heavy atom. The Morgan fingerprint density at radius 3 is 2.82 bits per heavy atom. The second kappa shape index (κ2) is 5.33. The number of rotatable bonds is 4. The molecule has 4 nitrogen and oxygen atoms in total. The molecule has 0 aliphatic carbocycles. The number of hydrogen-bond acceptors (Lipinski definition) is 4. The zero-order chi connectivity index (χ0) is 12.3. The van der Waals surface area contributed by atoms with E-state index in [0.29, 0.717) is 6.54 Å². The average Bonchev–Trinajstić information content (AvgIpc) is 2.73. The molecular weight excluding hydrogens is 232 g/mol. The fourth-order valence-electron chi connectivity index (χ4n) is 1.59. The van der Waals surface area contributed by atoms with E-state index in [2.05, 4.69) is 35.3 Å². The summed E-state index contributed by atoms with van der Waals surface area (Å²) in [6.45, 7) is 2.71. The lowest BCUT2D eigenvalue weighted by molar-refractivity contribution is 0.788. The molecule has 1 aromatic carbocycles. The highest BCUT2D eigenvalue weighted by atomic mass is 32.2. The van der Waals surface area contributed by atoms with E-state index >= 15 is 0 Å². The van der Waals surface area contributed by atoms with Crippen LogP contribution in [0.5, 0.6) is 0 Å². The number of nitrogens with zero attached hydrogens (tertiary/aromatic N) is 3. The van der Waals surface area contributed by atoms with Gasteiger partial charge in [0.15, 0.2) is 5.16 Å². The molecule has 17 heavy (non-hydrogen) atoms. The van der Waals surface area contributed by atoms with Gasteiger partial charge in [-0.3, -0.25) is 0 Å². The number of aryl methyl sites for hydroxylation is 2. The van der Waals surface area contributed by atoms with E-state index < -0.39 is 0 Å². The quantitative estimate of drug-likeness (QED) is 0.839. The van der Waals surface area contributed by atoms with Crippen molar-refractivity contribution in [3.8, 4) is 0 Å². The molecule has 0 bridgehead atoms. The molecule has 0 aliphatic rings. The van der Waals surface area contributed by atoms with Crippen LogP contribution in [0.3, 0.4) is 0 Å². The van der Waals surface area contributed by atoms with Gasteiger partial charge < -0.3 is 10.3 Å². The second-order valence-corrected chi connectivity index (χ2v) is 4.92. The molecule has 0 radical (unpaired) electrons. The normalized spacial score (nSPS) is 10.8. The third-order valence-corrected chi connectivity index (χ3v) is 3.75. The van der Waals surface area contributed by atoms with Crippen molar-refractivity contribution in [3.63, 3.8) is 0 Å². The molecule has 5 heteroatoms. The Hall–Kier alpha value is -1.33. The SMILES string of the molecule is Cc1cc(CN)ccc1CSc1nncn1C. The maximum absolute atomic E-state index is 5.61. The van der Waals surface area contributed by atoms with Gasteiger partial charge in [0.1, 0.15) is 6.33 Å². The van der Waals surface area contributed by atoms with Gasteiger partial charge in [0.25, 0.3) is 0 Å². The predicted molar refractivity (Wildman–Crippen MR) is 69.6 cm³/mol. The topological polar surface area (TPSA) is 56.7 Å². The minimum absolute atomic E-state index is 0.595. The summed E-state index contributed by atoms with van der Waals surface area (Å²) >= 11 is 1.69. The highest BCUT2D eigenvalue weighted by Gasteiger charge is 2.04. The minimum atomic E-state index is 0.595. The van der Waals surface area contributed by atoms with Crippen LogP contribution in [0.4, 0.5) is 0 Å². The monoisotopic (exact) mass is 248 g/mol. The summed E-state index contributed by atoms with van der Waals surface area (Å²) in [4.78, 5) is 0. The van der Waals surface area contributed by atoms with Crippen molar-refractivity contribution in [1.29, 1.82) is 0 Å². The molecule has 90 valence electrons. The minimum Gasteiger partial charge on any atom is -0.326 e. The zero-order valence-corrected chi connectivity index (χ0v) is 10.9. The van der Waals surface area contributed by atoms with Crippen LogP contribution in [0.15, 0.2) is 29.7 Å². The lowest BCUT2D eigenvalue weighted by Gasteiger charge is -2.07. The van der Waals surface area contributed by atoms with Crippen LogP contribution in [-0.2, 0) is 19.3 Å². The van der Waals surface area contributed by atoms with Gasteiger partial charge in [0.2, 0.25) is 0 Å². The van der Waals surface area contributed by atoms with E-state index in [1.165, 1.54) is 16.7 Å². The Morgan fingerprint density at radius 1 is 1.41 bits per heavy atom. The molecule has 2 aromatic rings. The van der Waals surface area contributed by atoms with Gasteiger partial charge in [-0.1, -0.05) is 30.0 Å². The van der Waals surface area contributed by atoms with Crippen LogP contribution in [-0.4, -0.2) is 14.8 Å². The van der Waals surface area contributed by atoms with Crippen molar-refractivity contribution < 1.29 is 0 Å². The first-order valence-corrected chi connectivity index (χ1v) is 6.44. The molecule has 0 spiro atoms. The molecule has 0 fully saturated rings. The lowest BCUT2D eigenvalue weighted by Crippen LogP contribution is -1.98. The maximum Gasteiger partial charge on any atom is 0.191 e. The molecule has 0 unspecified atom stereocenters. The van der Waals surface area contributed by atoms with Crippen LogP contribution >= 0.6 is 11.8 Å². The summed E-state index contributed by atoms with van der Waals surface area (Å²) in [5.41, 5.74) is 9.38. The van der Waals surface area contributed by atoms with Crippen molar-refractivity contribution in [2.45, 2.75) is 24.4 Å². The van der Waals surface area contributed by atoms with Crippen LogP contribution in [0.25, 0.3) is 0 Å². The predicted octanol–water partition coefficient (Wildman–Crippen LogP) is 1.87. The maximum atomic E-state index is 5.61. The Kier molecular flexibility index (Phi) is 3.81. The average molecular weight is 248 g/mol. The Labute approximate surface area is 105 Å². The van der Waals surface area contributed by atoms with Gasteiger partial charge >= 0.3 is 0 Å². The lowest BCUT2D eigenvalue weighted by atomic mass is 10.1. The first kappa shape index (κ1) is 12.1. The molecule has 0 saturated carbocycles. The van der Waals surface area contributed by atoms with E-state index in [-0.39, 0.29) is 0 Å². The third kappa shape index (κ3) is 2.87. The zero-order valence-electron chi connectivity index (χ0n) is 10.1. The largest absolute Gasteiger partial charge is 0.326 e. The fraction of sp³-hybridized carbons (Fsp3) is 0.333. The summed E-state index contributed by atoms with van der Waals surface area (Å²) in [6, 6.07) is 6.37. The Balaban J connectivity index is 2.07. The number of nitrogens with two attached hydrogens (primary N) is 1. The first-order valence-electron chi connectivity index (χ1n) is 5.46. The van der Waals surface area contributed by atoms with E-state index in [4.69, 9.17) is 5.73 Å². The molecule has 0 saturated heterocycles. The summed E-state index contributed by atoms with van der Waals surface area (Å²) < 4.78 is 1.92. The number of benzene rings is 1. The van der Waals surface area contributed by atoms with Gasteiger partial charge in [-0.2, -0.15) is 0 Å². The molecule has 0 amide bonds. The van der Waals surface area contributed by atoms with Crippen molar-refractivity contribution in [1.82, 2.24) is 14.8 Å². The number of aromatic nitrogens is 3. The first-order chi connectivity index (χ1) is 8.20. The third-order valence-electron chi connectivity index (χ3n) is 2.67. The summed E-state index contributed by atoms with van der Waals surface area (Å²) in [5, 5.41) is 8.85. The van der Waals surface area contributed by atoms with Gasteiger partial charge in [0.05, 0.1) is 0 Å². The second-order valence-electron chi connectivity index (χ2n) is 3.98. The smallest absolute Gasteiger partial charge is 0.191 e. The molecule has 1 aromatic heterocycles. The summed E-state index contributed by atoms with van der Waals surface area (Å²) in [6.07, 6.45) is 1.71. The standard InChI is InChI=1S/C12H16N4S/c1-9-5-10(6-13)3-4-11(9)7-17-12-15-14-8-16(12)2/h3-5,8H,6-7,13H2,1-2H3. The Bertz CT molecular complexity index is 507. The molecular formula is C12H16N4S. The van der Waals surface area contributed by atoms with Gasteiger partial charge in [-0.05, 0) is 23.6 Å². The van der Waals surface area contributed by atoms with E-state index in [9.17, 15) is 0 Å².